The lowest BCUT2D eigenvalue weighted by atomic mass is 9.93. The molecule has 0 saturated heterocycles. The minimum atomic E-state index is -0.949. The number of carbonyl (C=O) groups is 2. The van der Waals surface area contributed by atoms with Crippen molar-refractivity contribution in [3.05, 3.63) is 24.0 Å². The first-order valence-corrected chi connectivity index (χ1v) is 7.20. The van der Waals surface area contributed by atoms with Gasteiger partial charge in [-0.1, -0.05) is 20.3 Å². The summed E-state index contributed by atoms with van der Waals surface area (Å²) in [4.78, 5) is 23.0. The lowest BCUT2D eigenvalue weighted by molar-refractivity contribution is -0.137. The number of hydrogen-bond acceptors (Lipinski definition) is 2. The summed E-state index contributed by atoms with van der Waals surface area (Å²) in [5.74, 6) is 0.0262. The number of carbonyl (C=O) groups excluding carboxylic acids is 1. The minimum absolute atomic E-state index is 0.176. The van der Waals surface area contributed by atoms with E-state index in [2.05, 4.69) is 19.2 Å². The molecular weight excluding hydrogens is 256 g/mol. The molecule has 2 rings (SSSR count). The van der Waals surface area contributed by atoms with Gasteiger partial charge in [-0.25, -0.2) is 0 Å². The van der Waals surface area contributed by atoms with Gasteiger partial charge in [-0.15, -0.1) is 0 Å². The molecule has 0 spiro atoms. The van der Waals surface area contributed by atoms with Crippen LogP contribution in [0.2, 0.25) is 0 Å². The van der Waals surface area contributed by atoms with E-state index in [0.717, 1.165) is 19.3 Å². The summed E-state index contributed by atoms with van der Waals surface area (Å²) < 4.78 is 1.47. The molecule has 2 N–H and O–H groups in total. The van der Waals surface area contributed by atoms with Crippen LogP contribution in [0.25, 0.3) is 0 Å². The molecule has 1 heterocycles. The van der Waals surface area contributed by atoms with Gasteiger partial charge in [0, 0.05) is 12.2 Å². The molecule has 3 unspecified atom stereocenters. The highest BCUT2D eigenvalue weighted by Gasteiger charge is 2.32. The molecule has 1 aliphatic carbocycles. The first-order chi connectivity index (χ1) is 9.52. The fourth-order valence-corrected chi connectivity index (χ4v) is 3.17. The van der Waals surface area contributed by atoms with E-state index >= 15 is 0 Å². The van der Waals surface area contributed by atoms with E-state index in [9.17, 15) is 9.59 Å². The van der Waals surface area contributed by atoms with E-state index in [1.165, 1.54) is 4.57 Å². The number of aromatic nitrogens is 1. The number of rotatable bonds is 5. The van der Waals surface area contributed by atoms with Gasteiger partial charge in [0.15, 0.2) is 0 Å². The summed E-state index contributed by atoms with van der Waals surface area (Å²) in [6, 6.07) is 3.56. The smallest absolute Gasteiger partial charge is 0.323 e. The van der Waals surface area contributed by atoms with Crippen LogP contribution in [0.3, 0.4) is 0 Å². The lowest BCUT2D eigenvalue weighted by Gasteiger charge is -2.21. The quantitative estimate of drug-likeness (QED) is 0.866. The summed E-state index contributed by atoms with van der Waals surface area (Å²) in [5.41, 5.74) is 0.416. The maximum atomic E-state index is 12.3. The molecule has 0 bridgehead atoms. The molecule has 20 heavy (non-hydrogen) atoms. The Bertz CT molecular complexity index is 495. The maximum absolute atomic E-state index is 12.3. The highest BCUT2D eigenvalue weighted by atomic mass is 16.4. The lowest BCUT2D eigenvalue weighted by Crippen LogP contribution is -2.38. The highest BCUT2D eigenvalue weighted by Crippen LogP contribution is 2.33. The fraction of sp³-hybridized carbons (Fsp3) is 0.600. The molecular formula is C15H22N2O3. The van der Waals surface area contributed by atoms with Crippen LogP contribution < -0.4 is 5.32 Å². The van der Waals surface area contributed by atoms with E-state index in [1.54, 1.807) is 18.3 Å². The van der Waals surface area contributed by atoms with Gasteiger partial charge in [-0.2, -0.15) is 0 Å². The van der Waals surface area contributed by atoms with Crippen LogP contribution in [-0.4, -0.2) is 27.6 Å². The molecule has 1 fully saturated rings. The Morgan fingerprint density at radius 1 is 1.45 bits per heavy atom. The van der Waals surface area contributed by atoms with Crippen molar-refractivity contribution in [2.45, 2.75) is 45.7 Å². The molecule has 3 atom stereocenters. The van der Waals surface area contributed by atoms with Crippen molar-refractivity contribution in [3.8, 4) is 0 Å². The fourth-order valence-electron chi connectivity index (χ4n) is 3.17. The van der Waals surface area contributed by atoms with Crippen molar-refractivity contribution in [2.24, 2.45) is 11.8 Å². The van der Waals surface area contributed by atoms with Crippen molar-refractivity contribution >= 4 is 11.9 Å². The molecule has 0 aromatic carbocycles. The first-order valence-electron chi connectivity index (χ1n) is 7.20. The Balaban J connectivity index is 2.02. The number of amides is 1. The number of carboxylic acids is 1. The summed E-state index contributed by atoms with van der Waals surface area (Å²) in [6.07, 6.45) is 4.92. The number of carboxylic acid groups (broad SMARTS) is 1. The topological polar surface area (TPSA) is 71.3 Å². The van der Waals surface area contributed by atoms with Crippen LogP contribution in [0, 0.1) is 11.8 Å². The van der Waals surface area contributed by atoms with Gasteiger partial charge in [0.2, 0.25) is 0 Å². The van der Waals surface area contributed by atoms with Gasteiger partial charge in [0.05, 0.1) is 0 Å². The second kappa shape index (κ2) is 6.11. The Hall–Kier alpha value is -1.78. The molecule has 1 amide bonds. The second-order valence-corrected chi connectivity index (χ2v) is 5.60. The Kier molecular flexibility index (Phi) is 4.47. The minimum Gasteiger partial charge on any atom is -0.480 e. The van der Waals surface area contributed by atoms with E-state index in [1.807, 2.05) is 0 Å². The van der Waals surface area contributed by atoms with E-state index in [4.69, 9.17) is 5.11 Å². The number of nitrogens with zero attached hydrogens (tertiary/aromatic N) is 1. The van der Waals surface area contributed by atoms with Crippen LogP contribution in [-0.2, 0) is 11.3 Å². The molecule has 5 nitrogen and oxygen atoms in total. The number of aliphatic carboxylic acids is 1. The van der Waals surface area contributed by atoms with Crippen molar-refractivity contribution < 1.29 is 14.7 Å². The zero-order valence-electron chi connectivity index (χ0n) is 12.0. The van der Waals surface area contributed by atoms with Crippen LogP contribution >= 0.6 is 0 Å². The van der Waals surface area contributed by atoms with Crippen LogP contribution in [0.15, 0.2) is 18.3 Å². The van der Waals surface area contributed by atoms with Crippen LogP contribution in [0.1, 0.15) is 43.6 Å². The van der Waals surface area contributed by atoms with Crippen LogP contribution in [0.5, 0.6) is 0 Å². The van der Waals surface area contributed by atoms with E-state index in [0.29, 0.717) is 17.5 Å². The summed E-state index contributed by atoms with van der Waals surface area (Å²) >= 11 is 0. The largest absolute Gasteiger partial charge is 0.480 e. The molecule has 1 aromatic heterocycles. The van der Waals surface area contributed by atoms with Gasteiger partial charge in [0.25, 0.3) is 5.91 Å². The molecule has 0 aliphatic heterocycles. The Labute approximate surface area is 119 Å². The zero-order chi connectivity index (χ0) is 14.7. The SMILES string of the molecule is CCC1CCC(NC(=O)c2cccn2CC(=O)O)C1C. The Morgan fingerprint density at radius 2 is 2.20 bits per heavy atom. The van der Waals surface area contributed by atoms with Gasteiger partial charge >= 0.3 is 5.97 Å². The third kappa shape index (κ3) is 3.03. The highest BCUT2D eigenvalue weighted by molar-refractivity contribution is 5.93. The van der Waals surface area contributed by atoms with Gasteiger partial charge in [-0.05, 0) is 36.8 Å². The van der Waals surface area contributed by atoms with Crippen molar-refractivity contribution in [1.29, 1.82) is 0 Å². The monoisotopic (exact) mass is 278 g/mol. The molecule has 1 saturated carbocycles. The summed E-state index contributed by atoms with van der Waals surface area (Å²) in [7, 11) is 0. The maximum Gasteiger partial charge on any atom is 0.323 e. The molecule has 5 heteroatoms. The van der Waals surface area contributed by atoms with Gasteiger partial charge in [-0.3, -0.25) is 9.59 Å². The predicted molar refractivity (Wildman–Crippen MR) is 75.5 cm³/mol. The molecule has 1 aliphatic rings. The van der Waals surface area contributed by atoms with Gasteiger partial charge < -0.3 is 15.0 Å². The summed E-state index contributed by atoms with van der Waals surface area (Å²) in [5, 5.41) is 11.9. The predicted octanol–water partition coefficient (Wildman–Crippen LogP) is 2.13. The third-order valence-corrected chi connectivity index (χ3v) is 4.44. The normalized spacial score (nSPS) is 25.6. The van der Waals surface area contributed by atoms with Crippen molar-refractivity contribution in [3.63, 3.8) is 0 Å². The van der Waals surface area contributed by atoms with E-state index < -0.39 is 5.97 Å². The van der Waals surface area contributed by atoms with Crippen molar-refractivity contribution in [1.82, 2.24) is 9.88 Å². The average molecular weight is 278 g/mol. The second-order valence-electron chi connectivity index (χ2n) is 5.60. The third-order valence-electron chi connectivity index (χ3n) is 4.44. The van der Waals surface area contributed by atoms with Gasteiger partial charge in [0.1, 0.15) is 12.2 Å². The first kappa shape index (κ1) is 14.6. The number of nitrogens with one attached hydrogen (secondary N) is 1. The Morgan fingerprint density at radius 3 is 2.80 bits per heavy atom. The van der Waals surface area contributed by atoms with Crippen molar-refractivity contribution in [2.75, 3.05) is 0 Å². The molecule has 110 valence electrons. The molecule has 1 aromatic rings. The number of hydrogen-bond donors (Lipinski definition) is 2. The molecule has 0 radical (unpaired) electrons. The standard InChI is InChI=1S/C15H22N2O3/c1-3-11-6-7-12(10(11)2)16-15(20)13-5-4-8-17(13)9-14(18)19/h4-5,8,10-12H,3,6-7,9H2,1-2H3,(H,16,20)(H,18,19). The summed E-state index contributed by atoms with van der Waals surface area (Å²) in [6.45, 7) is 4.18. The van der Waals surface area contributed by atoms with E-state index in [-0.39, 0.29) is 18.5 Å². The zero-order valence-corrected chi connectivity index (χ0v) is 12.0. The van der Waals surface area contributed by atoms with Crippen LogP contribution in [0.4, 0.5) is 0 Å². The average Bonchev–Trinajstić information content (AvgIpc) is 2.97.